The van der Waals surface area contributed by atoms with Crippen molar-refractivity contribution in [1.29, 1.82) is 0 Å². The van der Waals surface area contributed by atoms with Crippen LogP contribution in [0.4, 0.5) is 0 Å². The maximum atomic E-state index is 5.74. The second kappa shape index (κ2) is 9.73. The van der Waals surface area contributed by atoms with Crippen LogP contribution in [-0.4, -0.2) is 20.9 Å². The number of thiazole rings is 1. The molecular weight excluding hydrogens is 350 g/mol. The van der Waals surface area contributed by atoms with Crippen LogP contribution in [0.1, 0.15) is 50.6 Å². The zero-order valence-electron chi connectivity index (χ0n) is 14.5. The van der Waals surface area contributed by atoms with Gasteiger partial charge in [0, 0.05) is 16.7 Å². The van der Waals surface area contributed by atoms with Gasteiger partial charge in [-0.15, -0.1) is 21.5 Å². The fraction of sp³-hybridized carbons (Fsp3) is 0.421. The van der Waals surface area contributed by atoms with E-state index in [1.807, 2.05) is 18.2 Å². The van der Waals surface area contributed by atoms with Gasteiger partial charge in [0.1, 0.15) is 5.01 Å². The molecule has 6 heteroatoms. The van der Waals surface area contributed by atoms with Crippen LogP contribution in [0, 0.1) is 0 Å². The zero-order chi connectivity index (χ0) is 17.3. The van der Waals surface area contributed by atoms with Crippen molar-refractivity contribution in [2.24, 2.45) is 0 Å². The van der Waals surface area contributed by atoms with E-state index in [1.165, 1.54) is 32.1 Å². The summed E-state index contributed by atoms with van der Waals surface area (Å²) in [5.41, 5.74) is 2.12. The van der Waals surface area contributed by atoms with Gasteiger partial charge < -0.3 is 4.42 Å². The van der Waals surface area contributed by atoms with Gasteiger partial charge in [0.2, 0.25) is 5.89 Å². The molecule has 4 nitrogen and oxygen atoms in total. The quantitative estimate of drug-likeness (QED) is 0.330. The Morgan fingerprint density at radius 1 is 1.04 bits per heavy atom. The normalized spacial score (nSPS) is 11.1. The Morgan fingerprint density at radius 2 is 1.88 bits per heavy atom. The topological polar surface area (TPSA) is 51.8 Å². The van der Waals surface area contributed by atoms with E-state index in [1.54, 1.807) is 23.1 Å². The first kappa shape index (κ1) is 18.1. The molecule has 1 aromatic carbocycles. The Kier molecular flexibility index (Phi) is 7.06. The van der Waals surface area contributed by atoms with Gasteiger partial charge in [-0.2, -0.15) is 0 Å². The number of unbranched alkanes of at least 4 members (excludes halogenated alkanes) is 4. The zero-order valence-corrected chi connectivity index (χ0v) is 16.1. The highest BCUT2D eigenvalue weighted by Gasteiger charge is 2.11. The van der Waals surface area contributed by atoms with Crippen LogP contribution < -0.4 is 0 Å². The first-order chi connectivity index (χ1) is 12.3. The first-order valence-corrected chi connectivity index (χ1v) is 10.7. The molecule has 0 fully saturated rings. The van der Waals surface area contributed by atoms with Crippen LogP contribution >= 0.6 is 23.1 Å². The molecule has 3 rings (SSSR count). The third-order valence-electron chi connectivity index (χ3n) is 3.83. The summed E-state index contributed by atoms with van der Waals surface area (Å²) < 4.78 is 5.74. The lowest BCUT2D eigenvalue weighted by atomic mass is 10.2. The fourth-order valence-corrected chi connectivity index (χ4v) is 4.09. The summed E-state index contributed by atoms with van der Waals surface area (Å²) in [7, 11) is 0. The lowest BCUT2D eigenvalue weighted by molar-refractivity contribution is 0.419. The molecule has 0 aliphatic heterocycles. The standard InChI is InChI=1S/C19H23N3OS2/c1-2-3-4-5-9-12-24-19-22-21-17(23-19)13-16-14-25-18(20-16)15-10-7-6-8-11-15/h6-8,10-11,14H,2-5,9,12-13H2,1H3. The van der Waals surface area contributed by atoms with E-state index < -0.39 is 0 Å². The fourth-order valence-electron chi connectivity index (χ4n) is 2.49. The minimum atomic E-state index is 0.591. The van der Waals surface area contributed by atoms with Crippen LogP contribution in [0.3, 0.4) is 0 Å². The second-order valence-electron chi connectivity index (χ2n) is 5.91. The summed E-state index contributed by atoms with van der Waals surface area (Å²) in [6.45, 7) is 2.24. The van der Waals surface area contributed by atoms with Crippen molar-refractivity contribution in [2.75, 3.05) is 5.75 Å². The SMILES string of the molecule is CCCCCCCSc1nnc(Cc2csc(-c3ccccc3)n2)o1. The summed E-state index contributed by atoms with van der Waals surface area (Å²) in [6.07, 6.45) is 7.00. The Hall–Kier alpha value is -1.66. The molecule has 0 aliphatic carbocycles. The smallest absolute Gasteiger partial charge is 0.276 e. The highest BCUT2D eigenvalue weighted by molar-refractivity contribution is 7.99. The van der Waals surface area contributed by atoms with E-state index in [2.05, 4.69) is 39.6 Å². The van der Waals surface area contributed by atoms with Crippen molar-refractivity contribution in [1.82, 2.24) is 15.2 Å². The lowest BCUT2D eigenvalue weighted by Crippen LogP contribution is -1.88. The number of hydrogen-bond acceptors (Lipinski definition) is 6. The summed E-state index contributed by atoms with van der Waals surface area (Å²) in [5, 5.41) is 12.0. The molecule has 2 aromatic heterocycles. The molecule has 0 bridgehead atoms. The largest absolute Gasteiger partial charge is 0.416 e. The van der Waals surface area contributed by atoms with Gasteiger partial charge in [-0.1, -0.05) is 74.7 Å². The molecular formula is C19H23N3OS2. The number of rotatable bonds is 10. The van der Waals surface area contributed by atoms with Gasteiger partial charge >= 0.3 is 0 Å². The van der Waals surface area contributed by atoms with Crippen LogP contribution in [0.15, 0.2) is 45.4 Å². The van der Waals surface area contributed by atoms with E-state index in [0.717, 1.165) is 22.0 Å². The number of thioether (sulfide) groups is 1. The summed E-state index contributed by atoms with van der Waals surface area (Å²) >= 11 is 3.30. The van der Waals surface area contributed by atoms with E-state index in [0.29, 0.717) is 17.5 Å². The van der Waals surface area contributed by atoms with Crippen molar-refractivity contribution < 1.29 is 4.42 Å². The van der Waals surface area contributed by atoms with Gasteiger partial charge in [-0.25, -0.2) is 4.98 Å². The molecule has 2 heterocycles. The Bertz CT molecular complexity index is 755. The predicted molar refractivity (Wildman–Crippen MR) is 104 cm³/mol. The van der Waals surface area contributed by atoms with Crippen LogP contribution in [0.2, 0.25) is 0 Å². The summed E-state index contributed by atoms with van der Waals surface area (Å²) in [6, 6.07) is 10.2. The van der Waals surface area contributed by atoms with Gasteiger partial charge in [0.25, 0.3) is 5.22 Å². The van der Waals surface area contributed by atoms with E-state index >= 15 is 0 Å². The highest BCUT2D eigenvalue weighted by Crippen LogP contribution is 2.25. The molecule has 0 saturated carbocycles. The molecule has 0 atom stereocenters. The van der Waals surface area contributed by atoms with Crippen LogP contribution in [0.25, 0.3) is 10.6 Å². The average molecular weight is 374 g/mol. The van der Waals surface area contributed by atoms with Gasteiger partial charge in [-0.3, -0.25) is 0 Å². The van der Waals surface area contributed by atoms with Crippen molar-refractivity contribution in [2.45, 2.75) is 50.7 Å². The Morgan fingerprint density at radius 3 is 2.72 bits per heavy atom. The molecule has 3 aromatic rings. The minimum Gasteiger partial charge on any atom is -0.416 e. The van der Waals surface area contributed by atoms with Crippen molar-refractivity contribution >= 4 is 23.1 Å². The molecule has 0 amide bonds. The molecule has 0 N–H and O–H groups in total. The number of hydrogen-bond donors (Lipinski definition) is 0. The van der Waals surface area contributed by atoms with Gasteiger partial charge in [-0.05, 0) is 6.42 Å². The maximum Gasteiger partial charge on any atom is 0.276 e. The van der Waals surface area contributed by atoms with Crippen LogP contribution in [-0.2, 0) is 6.42 Å². The first-order valence-electron chi connectivity index (χ1n) is 8.80. The van der Waals surface area contributed by atoms with E-state index in [-0.39, 0.29) is 0 Å². The van der Waals surface area contributed by atoms with Crippen molar-refractivity contribution in [3.63, 3.8) is 0 Å². The maximum absolute atomic E-state index is 5.74. The van der Waals surface area contributed by atoms with E-state index in [9.17, 15) is 0 Å². The van der Waals surface area contributed by atoms with Crippen LogP contribution in [0.5, 0.6) is 0 Å². The summed E-state index contributed by atoms with van der Waals surface area (Å²) in [4.78, 5) is 4.67. The van der Waals surface area contributed by atoms with Gasteiger partial charge in [0.15, 0.2) is 0 Å². The Labute approximate surface area is 157 Å². The second-order valence-corrected chi connectivity index (χ2v) is 7.82. The van der Waals surface area contributed by atoms with Gasteiger partial charge in [0.05, 0.1) is 12.1 Å². The van der Waals surface area contributed by atoms with Crippen molar-refractivity contribution in [3.05, 3.63) is 47.3 Å². The Balaban J connectivity index is 1.48. The third-order valence-corrected chi connectivity index (χ3v) is 5.67. The molecule has 0 saturated heterocycles. The molecule has 0 radical (unpaired) electrons. The highest BCUT2D eigenvalue weighted by atomic mass is 32.2. The molecule has 132 valence electrons. The summed E-state index contributed by atoms with van der Waals surface area (Å²) in [5.74, 6) is 1.68. The monoisotopic (exact) mass is 373 g/mol. The minimum absolute atomic E-state index is 0.591. The third kappa shape index (κ3) is 5.68. The number of nitrogens with zero attached hydrogens (tertiary/aromatic N) is 3. The molecule has 25 heavy (non-hydrogen) atoms. The number of aromatic nitrogens is 3. The number of benzene rings is 1. The van der Waals surface area contributed by atoms with Crippen molar-refractivity contribution in [3.8, 4) is 10.6 Å². The molecule has 0 aliphatic rings. The predicted octanol–water partition coefficient (Wildman–Crippen LogP) is 5.85. The lowest BCUT2D eigenvalue weighted by Gasteiger charge is -1.97. The van der Waals surface area contributed by atoms with E-state index in [4.69, 9.17) is 4.42 Å². The average Bonchev–Trinajstić information content (AvgIpc) is 3.29. The molecule has 0 spiro atoms. The molecule has 0 unspecified atom stereocenters.